The number of rotatable bonds is 2. The predicted octanol–water partition coefficient (Wildman–Crippen LogP) is 3.87. The molecule has 0 aliphatic carbocycles. The molecular formula is C14H18O. The van der Waals surface area contributed by atoms with Crippen LogP contribution in [-0.4, -0.2) is 6.10 Å². The van der Waals surface area contributed by atoms with Gasteiger partial charge in [-0.25, -0.2) is 0 Å². The fourth-order valence-corrected chi connectivity index (χ4v) is 2.10. The average Bonchev–Trinajstić information content (AvgIpc) is 2.30. The molecular weight excluding hydrogens is 184 g/mol. The summed E-state index contributed by atoms with van der Waals surface area (Å²) in [4.78, 5) is 0. The van der Waals surface area contributed by atoms with E-state index >= 15 is 0 Å². The van der Waals surface area contributed by atoms with Gasteiger partial charge in [-0.1, -0.05) is 42.5 Å². The highest BCUT2D eigenvalue weighted by Gasteiger charge is 2.23. The van der Waals surface area contributed by atoms with Crippen LogP contribution in [0.5, 0.6) is 0 Å². The monoisotopic (exact) mass is 202 g/mol. The van der Waals surface area contributed by atoms with Gasteiger partial charge >= 0.3 is 0 Å². The molecule has 15 heavy (non-hydrogen) atoms. The first kappa shape index (κ1) is 10.4. The SMILES string of the molecule is C=C(C)[C@H]1CCC[C@H](c2ccccc2)O1. The minimum absolute atomic E-state index is 0.254. The first-order valence-corrected chi connectivity index (χ1v) is 5.63. The van der Waals surface area contributed by atoms with E-state index in [2.05, 4.69) is 37.8 Å². The van der Waals surface area contributed by atoms with Crippen molar-refractivity contribution in [1.29, 1.82) is 0 Å². The molecule has 1 aromatic carbocycles. The van der Waals surface area contributed by atoms with Crippen molar-refractivity contribution in [1.82, 2.24) is 0 Å². The summed E-state index contributed by atoms with van der Waals surface area (Å²) >= 11 is 0. The van der Waals surface area contributed by atoms with E-state index in [0.717, 1.165) is 18.4 Å². The zero-order valence-corrected chi connectivity index (χ0v) is 9.28. The Morgan fingerprint density at radius 1 is 1.27 bits per heavy atom. The van der Waals surface area contributed by atoms with Gasteiger partial charge in [-0.2, -0.15) is 0 Å². The van der Waals surface area contributed by atoms with Crippen LogP contribution in [0.3, 0.4) is 0 Å². The van der Waals surface area contributed by atoms with Crippen LogP contribution in [-0.2, 0) is 4.74 Å². The summed E-state index contributed by atoms with van der Waals surface area (Å²) in [7, 11) is 0. The summed E-state index contributed by atoms with van der Waals surface area (Å²) < 4.78 is 6.03. The fourth-order valence-electron chi connectivity index (χ4n) is 2.10. The van der Waals surface area contributed by atoms with Gasteiger partial charge in [-0.05, 0) is 31.7 Å². The second kappa shape index (κ2) is 4.63. The molecule has 0 N–H and O–H groups in total. The second-order valence-electron chi connectivity index (χ2n) is 4.30. The Morgan fingerprint density at radius 2 is 2.00 bits per heavy atom. The summed E-state index contributed by atoms with van der Waals surface area (Å²) in [6.45, 7) is 6.04. The number of benzene rings is 1. The molecule has 0 amide bonds. The lowest BCUT2D eigenvalue weighted by atomic mass is 9.96. The van der Waals surface area contributed by atoms with Gasteiger partial charge in [0.25, 0.3) is 0 Å². The molecule has 1 heteroatoms. The van der Waals surface area contributed by atoms with E-state index in [1.54, 1.807) is 0 Å². The van der Waals surface area contributed by atoms with Crippen LogP contribution in [0.2, 0.25) is 0 Å². The van der Waals surface area contributed by atoms with Gasteiger partial charge in [0, 0.05) is 0 Å². The third-order valence-corrected chi connectivity index (χ3v) is 2.98. The highest BCUT2D eigenvalue weighted by Crippen LogP contribution is 2.32. The molecule has 2 rings (SSSR count). The minimum atomic E-state index is 0.254. The Labute approximate surface area is 91.8 Å². The molecule has 80 valence electrons. The van der Waals surface area contributed by atoms with E-state index in [4.69, 9.17) is 4.74 Å². The van der Waals surface area contributed by atoms with Gasteiger partial charge in [-0.3, -0.25) is 0 Å². The maximum Gasteiger partial charge on any atom is 0.0833 e. The summed E-state index contributed by atoms with van der Waals surface area (Å²) in [6.07, 6.45) is 4.01. The quantitative estimate of drug-likeness (QED) is 0.661. The van der Waals surface area contributed by atoms with Crippen molar-refractivity contribution in [2.45, 2.75) is 38.4 Å². The smallest absolute Gasteiger partial charge is 0.0833 e. The number of hydrogen-bond acceptors (Lipinski definition) is 1. The summed E-state index contributed by atoms with van der Waals surface area (Å²) in [6, 6.07) is 10.5. The van der Waals surface area contributed by atoms with Crippen molar-refractivity contribution in [2.75, 3.05) is 0 Å². The van der Waals surface area contributed by atoms with E-state index in [-0.39, 0.29) is 12.2 Å². The van der Waals surface area contributed by atoms with E-state index < -0.39 is 0 Å². The Morgan fingerprint density at radius 3 is 2.67 bits per heavy atom. The molecule has 0 bridgehead atoms. The van der Waals surface area contributed by atoms with E-state index in [9.17, 15) is 0 Å². The van der Waals surface area contributed by atoms with Crippen molar-refractivity contribution < 1.29 is 4.74 Å². The first-order chi connectivity index (χ1) is 7.27. The van der Waals surface area contributed by atoms with Crippen LogP contribution < -0.4 is 0 Å². The molecule has 0 radical (unpaired) electrons. The predicted molar refractivity (Wildman–Crippen MR) is 62.7 cm³/mol. The van der Waals surface area contributed by atoms with Crippen LogP contribution in [0, 0.1) is 0 Å². The second-order valence-corrected chi connectivity index (χ2v) is 4.30. The van der Waals surface area contributed by atoms with Crippen LogP contribution in [0.15, 0.2) is 42.5 Å². The highest BCUT2D eigenvalue weighted by atomic mass is 16.5. The standard InChI is InChI=1S/C14H18O/c1-11(2)13-9-6-10-14(15-13)12-7-4-3-5-8-12/h3-5,7-8,13-14H,1,6,9-10H2,2H3/t13-,14-/m1/s1. The third-order valence-electron chi connectivity index (χ3n) is 2.98. The molecule has 1 aliphatic rings. The van der Waals surface area contributed by atoms with E-state index in [1.807, 2.05) is 6.07 Å². The lowest BCUT2D eigenvalue weighted by Gasteiger charge is -2.30. The van der Waals surface area contributed by atoms with Gasteiger partial charge in [0.15, 0.2) is 0 Å². The van der Waals surface area contributed by atoms with Gasteiger partial charge in [0.1, 0.15) is 0 Å². The molecule has 2 atom stereocenters. The van der Waals surface area contributed by atoms with Crippen molar-refractivity contribution in [3.05, 3.63) is 48.0 Å². The van der Waals surface area contributed by atoms with Gasteiger partial charge in [-0.15, -0.1) is 0 Å². The minimum Gasteiger partial charge on any atom is -0.366 e. The largest absolute Gasteiger partial charge is 0.366 e. The molecule has 0 unspecified atom stereocenters. The molecule has 1 fully saturated rings. The maximum atomic E-state index is 6.03. The van der Waals surface area contributed by atoms with Crippen molar-refractivity contribution in [3.63, 3.8) is 0 Å². The Kier molecular flexibility index (Phi) is 3.22. The molecule has 1 nitrogen and oxygen atoms in total. The Bertz CT molecular complexity index is 328. The molecule has 1 aliphatic heterocycles. The summed E-state index contributed by atoms with van der Waals surface area (Å²) in [5.74, 6) is 0. The van der Waals surface area contributed by atoms with Gasteiger partial charge in [0.05, 0.1) is 12.2 Å². The van der Waals surface area contributed by atoms with Gasteiger partial charge in [0.2, 0.25) is 0 Å². The highest BCUT2D eigenvalue weighted by molar-refractivity contribution is 5.18. The molecule has 1 saturated heterocycles. The zero-order valence-electron chi connectivity index (χ0n) is 9.28. The van der Waals surface area contributed by atoms with Crippen molar-refractivity contribution >= 4 is 0 Å². The van der Waals surface area contributed by atoms with Crippen LogP contribution in [0.4, 0.5) is 0 Å². The van der Waals surface area contributed by atoms with Crippen LogP contribution in [0.1, 0.15) is 37.9 Å². The van der Waals surface area contributed by atoms with Gasteiger partial charge < -0.3 is 4.74 Å². The zero-order chi connectivity index (χ0) is 10.7. The Hall–Kier alpha value is -1.08. The number of hydrogen-bond donors (Lipinski definition) is 0. The fraction of sp³-hybridized carbons (Fsp3) is 0.429. The van der Waals surface area contributed by atoms with Crippen molar-refractivity contribution in [3.8, 4) is 0 Å². The van der Waals surface area contributed by atoms with E-state index in [1.165, 1.54) is 12.0 Å². The third kappa shape index (κ3) is 2.48. The lowest BCUT2D eigenvalue weighted by molar-refractivity contribution is -0.0321. The van der Waals surface area contributed by atoms with Crippen LogP contribution in [0.25, 0.3) is 0 Å². The van der Waals surface area contributed by atoms with Crippen molar-refractivity contribution in [2.24, 2.45) is 0 Å². The molecule has 0 saturated carbocycles. The maximum absolute atomic E-state index is 6.03. The van der Waals surface area contributed by atoms with Crippen LogP contribution >= 0.6 is 0 Å². The topological polar surface area (TPSA) is 9.23 Å². The molecule has 0 aromatic heterocycles. The Balaban J connectivity index is 2.08. The summed E-state index contributed by atoms with van der Waals surface area (Å²) in [5.41, 5.74) is 2.44. The molecule has 0 spiro atoms. The average molecular weight is 202 g/mol. The first-order valence-electron chi connectivity index (χ1n) is 5.63. The van der Waals surface area contributed by atoms with E-state index in [0.29, 0.717) is 0 Å². The molecule has 1 aromatic rings. The lowest BCUT2D eigenvalue weighted by Crippen LogP contribution is -2.22. The summed E-state index contributed by atoms with van der Waals surface area (Å²) in [5, 5.41) is 0. The molecule has 1 heterocycles. The number of ether oxygens (including phenoxy) is 1. The normalized spacial score (nSPS) is 26.2.